The zero-order valence-electron chi connectivity index (χ0n) is 11.6. The minimum absolute atomic E-state index is 0.00330. The summed E-state index contributed by atoms with van der Waals surface area (Å²) in [6.07, 6.45) is 4.39. The first kappa shape index (κ1) is 15.2. The summed E-state index contributed by atoms with van der Waals surface area (Å²) in [5.74, 6) is 0.368. The van der Waals surface area contributed by atoms with Crippen LogP contribution in [0.4, 0.5) is 0 Å². The zero-order valence-corrected chi connectivity index (χ0v) is 13.2. The van der Waals surface area contributed by atoms with Gasteiger partial charge in [0.05, 0.1) is 7.11 Å². The lowest BCUT2D eigenvalue weighted by Gasteiger charge is -2.29. The van der Waals surface area contributed by atoms with E-state index in [-0.39, 0.29) is 17.7 Å². The van der Waals surface area contributed by atoms with Gasteiger partial charge in [-0.15, -0.1) is 0 Å². The maximum Gasteiger partial charge on any atom is 0.254 e. The predicted molar refractivity (Wildman–Crippen MR) is 81.7 cm³/mol. The van der Waals surface area contributed by atoms with Gasteiger partial charge < -0.3 is 14.7 Å². The van der Waals surface area contributed by atoms with Crippen molar-refractivity contribution in [3.8, 4) is 11.5 Å². The van der Waals surface area contributed by atoms with E-state index >= 15 is 0 Å². The molecule has 4 nitrogen and oxygen atoms in total. The number of rotatable bonds is 3. The fourth-order valence-corrected chi connectivity index (χ4v) is 3.27. The molecule has 20 heavy (non-hydrogen) atoms. The molecule has 0 spiro atoms. The van der Waals surface area contributed by atoms with Gasteiger partial charge in [0, 0.05) is 23.5 Å². The van der Waals surface area contributed by atoms with Crippen LogP contribution >= 0.6 is 15.9 Å². The lowest BCUT2D eigenvalue weighted by molar-refractivity contribution is 0.0702. The van der Waals surface area contributed by atoms with E-state index in [1.165, 1.54) is 19.6 Å². The first-order valence-electron chi connectivity index (χ1n) is 6.91. The molecule has 1 unspecified atom stereocenters. The number of hydrogen-bond acceptors (Lipinski definition) is 3. The van der Waals surface area contributed by atoms with Crippen LogP contribution in [0.25, 0.3) is 0 Å². The van der Waals surface area contributed by atoms with Gasteiger partial charge in [0.15, 0.2) is 11.5 Å². The number of phenols is 1. The topological polar surface area (TPSA) is 49.8 Å². The molecule has 1 fully saturated rings. The minimum atomic E-state index is -0.0192. The summed E-state index contributed by atoms with van der Waals surface area (Å²) in [7, 11) is 1.49. The van der Waals surface area contributed by atoms with Gasteiger partial charge in [-0.2, -0.15) is 0 Å². The Balaban J connectivity index is 2.22. The number of aromatic hydroxyl groups is 1. The molecule has 1 N–H and O–H groups in total. The summed E-state index contributed by atoms with van der Waals surface area (Å²) >= 11 is 3.50. The molecule has 2 rings (SSSR count). The lowest BCUT2D eigenvalue weighted by atomic mass is 10.1. The molecule has 1 atom stereocenters. The van der Waals surface area contributed by atoms with Gasteiger partial charge in [0.25, 0.3) is 5.91 Å². The Morgan fingerprint density at radius 3 is 2.90 bits per heavy atom. The minimum Gasteiger partial charge on any atom is -0.504 e. The SMILES string of the molecule is COc1ccc(C(=O)N2CCCCCC2CBr)cc1O. The van der Waals surface area contributed by atoms with Crippen LogP contribution in [0.15, 0.2) is 18.2 Å². The summed E-state index contributed by atoms with van der Waals surface area (Å²) in [6, 6.07) is 5.05. The molecule has 1 aliphatic heterocycles. The molecule has 1 heterocycles. The number of carbonyl (C=O) groups excluding carboxylic acids is 1. The smallest absolute Gasteiger partial charge is 0.254 e. The van der Waals surface area contributed by atoms with Gasteiger partial charge in [0.1, 0.15) is 0 Å². The molecule has 1 saturated heterocycles. The Kier molecular flexibility index (Phi) is 5.29. The third kappa shape index (κ3) is 3.26. The molecule has 0 aromatic heterocycles. The maximum absolute atomic E-state index is 12.6. The molecule has 5 heteroatoms. The second-order valence-electron chi connectivity index (χ2n) is 5.04. The number of hydrogen-bond donors (Lipinski definition) is 1. The highest BCUT2D eigenvalue weighted by Gasteiger charge is 2.25. The Morgan fingerprint density at radius 2 is 2.25 bits per heavy atom. The highest BCUT2D eigenvalue weighted by molar-refractivity contribution is 9.09. The van der Waals surface area contributed by atoms with Crippen molar-refractivity contribution in [3.63, 3.8) is 0 Å². The van der Waals surface area contributed by atoms with Crippen LogP contribution in [-0.4, -0.2) is 40.9 Å². The van der Waals surface area contributed by atoms with Gasteiger partial charge in [-0.05, 0) is 31.0 Å². The summed E-state index contributed by atoms with van der Waals surface area (Å²) < 4.78 is 5.01. The van der Waals surface area contributed by atoms with Crippen LogP contribution in [0.3, 0.4) is 0 Å². The molecule has 0 radical (unpaired) electrons. The molecule has 1 aliphatic rings. The number of halogens is 1. The Labute approximate surface area is 127 Å². The van der Waals surface area contributed by atoms with E-state index in [1.807, 2.05) is 4.90 Å². The second kappa shape index (κ2) is 6.97. The number of amides is 1. The number of likely N-dealkylation sites (tertiary alicyclic amines) is 1. The average Bonchev–Trinajstić information content (AvgIpc) is 2.71. The van der Waals surface area contributed by atoms with Gasteiger partial charge >= 0.3 is 0 Å². The number of phenolic OH excluding ortho intramolecular Hbond substituents is 1. The van der Waals surface area contributed by atoms with E-state index in [2.05, 4.69) is 15.9 Å². The molecule has 1 aromatic rings. The Bertz CT molecular complexity index is 478. The van der Waals surface area contributed by atoms with Crippen molar-refractivity contribution in [1.82, 2.24) is 4.90 Å². The summed E-state index contributed by atoms with van der Waals surface area (Å²) in [6.45, 7) is 0.780. The quantitative estimate of drug-likeness (QED) is 0.859. The fraction of sp³-hybridized carbons (Fsp3) is 0.533. The van der Waals surface area contributed by atoms with E-state index in [9.17, 15) is 9.90 Å². The van der Waals surface area contributed by atoms with E-state index in [4.69, 9.17) is 4.74 Å². The van der Waals surface area contributed by atoms with Gasteiger partial charge in [-0.1, -0.05) is 28.8 Å². The van der Waals surface area contributed by atoms with Crippen molar-refractivity contribution >= 4 is 21.8 Å². The summed E-state index contributed by atoms with van der Waals surface area (Å²) in [5.41, 5.74) is 0.510. The average molecular weight is 342 g/mol. The molecule has 0 bridgehead atoms. The predicted octanol–water partition coefficient (Wildman–Crippen LogP) is 3.18. The first-order chi connectivity index (χ1) is 9.67. The molecular formula is C15H20BrNO3. The van der Waals surface area contributed by atoms with Crippen molar-refractivity contribution in [2.75, 3.05) is 19.0 Å². The number of ether oxygens (including phenoxy) is 1. The third-order valence-corrected chi connectivity index (χ3v) is 4.49. The van der Waals surface area contributed by atoms with Crippen LogP contribution in [0.1, 0.15) is 36.0 Å². The number of benzene rings is 1. The maximum atomic E-state index is 12.6. The molecule has 1 aromatic carbocycles. The third-order valence-electron chi connectivity index (χ3n) is 3.74. The standard InChI is InChI=1S/C15H20BrNO3/c1-20-14-7-6-11(9-13(14)18)15(19)17-8-4-2-3-5-12(17)10-16/h6-7,9,12,18H,2-5,8,10H2,1H3. The Hall–Kier alpha value is -1.23. The highest BCUT2D eigenvalue weighted by atomic mass is 79.9. The largest absolute Gasteiger partial charge is 0.504 e. The van der Waals surface area contributed by atoms with E-state index in [1.54, 1.807) is 12.1 Å². The molecular weight excluding hydrogens is 322 g/mol. The molecule has 110 valence electrons. The molecule has 0 saturated carbocycles. The highest BCUT2D eigenvalue weighted by Crippen LogP contribution is 2.28. The zero-order chi connectivity index (χ0) is 14.5. The normalized spacial score (nSPS) is 19.5. The number of methoxy groups -OCH3 is 1. The van der Waals surface area contributed by atoms with Crippen LogP contribution in [0, 0.1) is 0 Å². The summed E-state index contributed by atoms with van der Waals surface area (Å²) in [4.78, 5) is 14.5. The number of nitrogens with zero attached hydrogens (tertiary/aromatic N) is 1. The van der Waals surface area contributed by atoms with E-state index < -0.39 is 0 Å². The van der Waals surface area contributed by atoms with Crippen molar-refractivity contribution in [1.29, 1.82) is 0 Å². The van der Waals surface area contributed by atoms with Crippen LogP contribution in [-0.2, 0) is 0 Å². The Morgan fingerprint density at radius 1 is 1.45 bits per heavy atom. The van der Waals surface area contributed by atoms with E-state index in [0.717, 1.165) is 31.1 Å². The van der Waals surface area contributed by atoms with E-state index in [0.29, 0.717) is 11.3 Å². The molecule has 0 aliphatic carbocycles. The van der Waals surface area contributed by atoms with Crippen LogP contribution in [0.5, 0.6) is 11.5 Å². The summed E-state index contributed by atoms with van der Waals surface area (Å²) in [5, 5.41) is 10.6. The van der Waals surface area contributed by atoms with Crippen molar-refractivity contribution in [2.24, 2.45) is 0 Å². The van der Waals surface area contributed by atoms with Gasteiger partial charge in [-0.3, -0.25) is 4.79 Å². The lowest BCUT2D eigenvalue weighted by Crippen LogP contribution is -2.41. The first-order valence-corrected chi connectivity index (χ1v) is 8.03. The fourth-order valence-electron chi connectivity index (χ4n) is 2.59. The van der Waals surface area contributed by atoms with Crippen molar-refractivity contribution in [3.05, 3.63) is 23.8 Å². The number of carbonyl (C=O) groups is 1. The van der Waals surface area contributed by atoms with Crippen molar-refractivity contribution in [2.45, 2.75) is 31.7 Å². The molecule has 1 amide bonds. The van der Waals surface area contributed by atoms with Crippen molar-refractivity contribution < 1.29 is 14.6 Å². The van der Waals surface area contributed by atoms with Gasteiger partial charge in [-0.25, -0.2) is 0 Å². The second-order valence-corrected chi connectivity index (χ2v) is 5.69. The van der Waals surface area contributed by atoms with Crippen LogP contribution < -0.4 is 4.74 Å². The number of alkyl halides is 1. The monoisotopic (exact) mass is 341 g/mol. The van der Waals surface area contributed by atoms with Gasteiger partial charge in [0.2, 0.25) is 0 Å². The van der Waals surface area contributed by atoms with Crippen LogP contribution in [0.2, 0.25) is 0 Å².